The lowest BCUT2D eigenvalue weighted by Gasteiger charge is -2.22. The molecule has 0 radical (unpaired) electrons. The van der Waals surface area contributed by atoms with Crippen LogP contribution in [0.25, 0.3) is 16.8 Å². The number of aliphatic hydroxyl groups is 1. The van der Waals surface area contributed by atoms with Crippen molar-refractivity contribution in [2.75, 3.05) is 11.9 Å². The minimum absolute atomic E-state index is 0.0488. The molecule has 2 N–H and O–H groups in total. The number of hydrogen-bond acceptors (Lipinski definition) is 4. The smallest absolute Gasteiger partial charge is 0.256 e. The average Bonchev–Trinajstić information content (AvgIpc) is 3.37. The van der Waals surface area contributed by atoms with Crippen LogP contribution in [-0.2, 0) is 5.41 Å². The first-order chi connectivity index (χ1) is 13.5. The third-order valence-electron chi connectivity index (χ3n) is 4.87. The average molecular weight is 391 g/mol. The third kappa shape index (κ3) is 3.56. The molecular formula is C22H21N3O2S. The number of nitrogens with zero attached hydrogens (tertiary/aromatic N) is 2. The first-order valence-corrected chi connectivity index (χ1v) is 9.95. The van der Waals surface area contributed by atoms with Crippen molar-refractivity contribution in [3.05, 3.63) is 76.7 Å². The molecule has 142 valence electrons. The van der Waals surface area contributed by atoms with Gasteiger partial charge < -0.3 is 14.8 Å². The summed E-state index contributed by atoms with van der Waals surface area (Å²) >= 11 is 1.66. The van der Waals surface area contributed by atoms with E-state index < -0.39 is 0 Å². The van der Waals surface area contributed by atoms with Crippen LogP contribution in [0, 0.1) is 0 Å². The number of thiophene rings is 1. The highest BCUT2D eigenvalue weighted by Gasteiger charge is 2.19. The monoisotopic (exact) mass is 391 g/mol. The van der Waals surface area contributed by atoms with Crippen molar-refractivity contribution in [2.24, 2.45) is 0 Å². The molecule has 0 bridgehead atoms. The molecule has 6 heteroatoms. The number of hydrogen-bond donors (Lipinski definition) is 2. The summed E-state index contributed by atoms with van der Waals surface area (Å²) in [6.45, 7) is 3.97. The Labute approximate surface area is 167 Å². The summed E-state index contributed by atoms with van der Waals surface area (Å²) in [6.07, 6.45) is 3.82. The van der Waals surface area contributed by atoms with E-state index in [0.717, 1.165) is 22.3 Å². The van der Waals surface area contributed by atoms with Crippen molar-refractivity contribution in [3.63, 3.8) is 0 Å². The van der Waals surface area contributed by atoms with Gasteiger partial charge in [-0.15, -0.1) is 0 Å². The van der Waals surface area contributed by atoms with E-state index in [1.165, 1.54) is 0 Å². The van der Waals surface area contributed by atoms with Crippen molar-refractivity contribution < 1.29 is 9.90 Å². The zero-order valence-electron chi connectivity index (χ0n) is 15.7. The van der Waals surface area contributed by atoms with Crippen LogP contribution in [0.1, 0.15) is 29.8 Å². The van der Waals surface area contributed by atoms with Crippen LogP contribution in [0.2, 0.25) is 0 Å². The molecule has 0 aliphatic heterocycles. The fourth-order valence-corrected chi connectivity index (χ4v) is 3.67. The number of aromatic nitrogens is 2. The number of amides is 1. The maximum Gasteiger partial charge on any atom is 0.256 e. The lowest BCUT2D eigenvalue weighted by atomic mass is 9.85. The van der Waals surface area contributed by atoms with E-state index in [2.05, 4.69) is 21.7 Å². The fourth-order valence-electron chi connectivity index (χ4n) is 3.00. The summed E-state index contributed by atoms with van der Waals surface area (Å²) in [5.41, 5.74) is 4.24. The summed E-state index contributed by atoms with van der Waals surface area (Å²) in [5, 5.41) is 16.5. The summed E-state index contributed by atoms with van der Waals surface area (Å²) < 4.78 is 1.91. The molecule has 0 unspecified atom stereocenters. The quantitative estimate of drug-likeness (QED) is 0.523. The Morgan fingerprint density at radius 2 is 1.89 bits per heavy atom. The van der Waals surface area contributed by atoms with Crippen molar-refractivity contribution in [3.8, 4) is 11.1 Å². The molecule has 0 aliphatic carbocycles. The van der Waals surface area contributed by atoms with Crippen LogP contribution in [0.5, 0.6) is 0 Å². The van der Waals surface area contributed by atoms with Crippen molar-refractivity contribution in [2.45, 2.75) is 19.3 Å². The zero-order chi connectivity index (χ0) is 19.7. The summed E-state index contributed by atoms with van der Waals surface area (Å²) in [4.78, 5) is 17.0. The molecule has 0 saturated heterocycles. The molecule has 0 saturated carbocycles. The van der Waals surface area contributed by atoms with Crippen molar-refractivity contribution in [1.29, 1.82) is 0 Å². The molecule has 3 heterocycles. The lowest BCUT2D eigenvalue weighted by molar-refractivity contribution is 0.102. The second kappa shape index (κ2) is 7.22. The van der Waals surface area contributed by atoms with Gasteiger partial charge in [0.15, 0.2) is 5.82 Å². The largest absolute Gasteiger partial charge is 0.395 e. The maximum atomic E-state index is 12.6. The number of benzene rings is 1. The van der Waals surface area contributed by atoms with E-state index in [0.29, 0.717) is 11.4 Å². The molecular weight excluding hydrogens is 370 g/mol. The minimum Gasteiger partial charge on any atom is -0.395 e. The van der Waals surface area contributed by atoms with Gasteiger partial charge in [-0.2, -0.15) is 11.3 Å². The van der Waals surface area contributed by atoms with Gasteiger partial charge in [0.05, 0.1) is 12.8 Å². The Morgan fingerprint density at radius 1 is 1.11 bits per heavy atom. The van der Waals surface area contributed by atoms with Crippen molar-refractivity contribution >= 4 is 28.7 Å². The van der Waals surface area contributed by atoms with Gasteiger partial charge in [0, 0.05) is 17.2 Å². The zero-order valence-corrected chi connectivity index (χ0v) is 16.5. The van der Waals surface area contributed by atoms with E-state index in [1.54, 1.807) is 23.5 Å². The number of imidazole rings is 1. The summed E-state index contributed by atoms with van der Waals surface area (Å²) in [6, 6.07) is 13.3. The van der Waals surface area contributed by atoms with Gasteiger partial charge >= 0.3 is 0 Å². The molecule has 0 fully saturated rings. The number of carbonyl (C=O) groups excluding carboxylic acids is 1. The topological polar surface area (TPSA) is 66.6 Å². The maximum absolute atomic E-state index is 12.6. The fraction of sp³-hybridized carbons (Fsp3) is 0.182. The second-order valence-electron chi connectivity index (χ2n) is 7.39. The van der Waals surface area contributed by atoms with E-state index in [9.17, 15) is 9.90 Å². The standard InChI is InChI=1S/C22H21N3O2S/c1-22(2,14-26)18-6-3-15(4-7-18)21(27)24-19-12-25-11-16(5-8-20(25)23-19)17-9-10-28-13-17/h3-13,26H,14H2,1-2H3,(H,24,27). The predicted molar refractivity (Wildman–Crippen MR) is 113 cm³/mol. The van der Waals surface area contributed by atoms with Gasteiger partial charge in [-0.1, -0.05) is 26.0 Å². The number of pyridine rings is 1. The number of aliphatic hydroxyl groups excluding tert-OH is 1. The van der Waals surface area contributed by atoms with Gasteiger partial charge in [-0.05, 0) is 57.8 Å². The molecule has 0 spiro atoms. The Balaban J connectivity index is 1.53. The first-order valence-electron chi connectivity index (χ1n) is 9.00. The van der Waals surface area contributed by atoms with Crippen LogP contribution < -0.4 is 5.32 Å². The normalized spacial score (nSPS) is 11.7. The number of fused-ring (bicyclic) bond motifs is 1. The van der Waals surface area contributed by atoms with Crippen LogP contribution in [0.3, 0.4) is 0 Å². The predicted octanol–water partition coefficient (Wildman–Crippen LogP) is 4.59. The highest BCUT2D eigenvalue weighted by atomic mass is 32.1. The van der Waals surface area contributed by atoms with E-state index >= 15 is 0 Å². The third-order valence-corrected chi connectivity index (χ3v) is 5.55. The number of nitrogens with one attached hydrogen (secondary N) is 1. The SMILES string of the molecule is CC(C)(CO)c1ccc(C(=O)Nc2cn3cc(-c4ccsc4)ccc3n2)cc1. The molecule has 28 heavy (non-hydrogen) atoms. The molecule has 1 amide bonds. The lowest BCUT2D eigenvalue weighted by Crippen LogP contribution is -2.22. The minimum atomic E-state index is -0.337. The molecule has 5 nitrogen and oxygen atoms in total. The summed E-state index contributed by atoms with van der Waals surface area (Å²) in [7, 11) is 0. The number of anilines is 1. The molecule has 0 atom stereocenters. The molecule has 0 aliphatic rings. The van der Waals surface area contributed by atoms with Gasteiger partial charge in [-0.25, -0.2) is 4.98 Å². The second-order valence-corrected chi connectivity index (χ2v) is 8.17. The Hall–Kier alpha value is -2.96. The van der Waals surface area contributed by atoms with Crippen LogP contribution >= 0.6 is 11.3 Å². The highest BCUT2D eigenvalue weighted by molar-refractivity contribution is 7.08. The van der Waals surface area contributed by atoms with Gasteiger partial charge in [0.25, 0.3) is 5.91 Å². The number of carbonyl (C=O) groups is 1. The van der Waals surface area contributed by atoms with Gasteiger partial charge in [-0.3, -0.25) is 4.79 Å². The molecule has 4 aromatic rings. The van der Waals surface area contributed by atoms with Gasteiger partial charge in [0.1, 0.15) is 5.65 Å². The first kappa shape index (κ1) is 18.4. The highest BCUT2D eigenvalue weighted by Crippen LogP contribution is 2.24. The Morgan fingerprint density at radius 3 is 2.57 bits per heavy atom. The summed E-state index contributed by atoms with van der Waals surface area (Å²) in [5.74, 6) is 0.294. The van der Waals surface area contributed by atoms with E-state index in [1.807, 2.05) is 60.3 Å². The molecule has 3 aromatic heterocycles. The van der Waals surface area contributed by atoms with Crippen LogP contribution in [0.4, 0.5) is 5.82 Å². The van der Waals surface area contributed by atoms with E-state index in [4.69, 9.17) is 0 Å². The number of rotatable bonds is 5. The van der Waals surface area contributed by atoms with Crippen molar-refractivity contribution in [1.82, 2.24) is 9.38 Å². The van der Waals surface area contributed by atoms with Crippen LogP contribution in [0.15, 0.2) is 65.6 Å². The Bertz CT molecular complexity index is 1110. The molecule has 1 aromatic carbocycles. The molecule has 4 rings (SSSR count). The van der Waals surface area contributed by atoms with Gasteiger partial charge in [0.2, 0.25) is 0 Å². The van der Waals surface area contributed by atoms with E-state index in [-0.39, 0.29) is 17.9 Å². The van der Waals surface area contributed by atoms with Crippen LogP contribution in [-0.4, -0.2) is 27.0 Å². The Kier molecular flexibility index (Phi) is 4.75.